The summed E-state index contributed by atoms with van der Waals surface area (Å²) in [5.74, 6) is 0. The van der Waals surface area contributed by atoms with E-state index in [1.165, 1.54) is 0 Å². The van der Waals surface area contributed by atoms with E-state index in [4.69, 9.17) is 5.11 Å². The quantitative estimate of drug-likeness (QED) is 0.527. The van der Waals surface area contributed by atoms with Crippen LogP contribution in [0.1, 0.15) is 19.8 Å². The van der Waals surface area contributed by atoms with Crippen molar-refractivity contribution in [2.75, 3.05) is 6.61 Å². The van der Waals surface area contributed by atoms with Crippen LogP contribution in [0.3, 0.4) is 0 Å². The number of hydrogen-bond acceptors (Lipinski definition) is 1. The minimum absolute atomic E-state index is 0.344. The summed E-state index contributed by atoms with van der Waals surface area (Å²) in [5.41, 5.74) is 0. The van der Waals surface area contributed by atoms with Gasteiger partial charge in [-0.1, -0.05) is 13.3 Å². The van der Waals surface area contributed by atoms with E-state index in [0.717, 1.165) is 12.8 Å². The molecule has 1 nitrogen and oxygen atoms in total. The summed E-state index contributed by atoms with van der Waals surface area (Å²) in [7, 11) is -0.633. The number of hydrogen-bond donors (Lipinski definition) is 1. The number of rotatable bonds is 2. The molecule has 0 amide bonds. The summed E-state index contributed by atoms with van der Waals surface area (Å²) in [6.07, 6.45) is 2.04. The zero-order valence-electron chi connectivity index (χ0n) is 5.20. The summed E-state index contributed by atoms with van der Waals surface area (Å²) < 4.78 is 0. The van der Waals surface area contributed by atoms with Crippen LogP contribution in [0.25, 0.3) is 0 Å². The first-order valence-corrected chi connectivity index (χ1v) is 24.5. The molecular weight excluding hydrogens is 536 g/mol. The summed E-state index contributed by atoms with van der Waals surface area (Å²) in [6, 6.07) is 0. The predicted molar refractivity (Wildman–Crippen MR) is 64.1 cm³/mol. The molecule has 0 bridgehead atoms. The van der Waals surface area contributed by atoms with Gasteiger partial charge in [-0.25, -0.2) is 0 Å². The SMILES string of the molecule is CCCCO.[I][Zr]([I])[I]. The van der Waals surface area contributed by atoms with Crippen molar-refractivity contribution >= 4 is 54.1 Å². The third kappa shape index (κ3) is 35.5. The molecule has 0 aliphatic heterocycles. The Labute approximate surface area is 92.5 Å². The van der Waals surface area contributed by atoms with Crippen LogP contribution >= 0.6 is 54.1 Å². The molecule has 0 aromatic carbocycles. The Balaban J connectivity index is 0. The van der Waals surface area contributed by atoms with Gasteiger partial charge in [0.1, 0.15) is 0 Å². The van der Waals surface area contributed by atoms with E-state index in [9.17, 15) is 0 Å². The van der Waals surface area contributed by atoms with Gasteiger partial charge in [0.2, 0.25) is 0 Å². The molecule has 0 radical (unpaired) electrons. The number of aliphatic hydroxyl groups is 1. The maximum absolute atomic E-state index is 8.07. The Morgan fingerprint density at radius 3 is 1.67 bits per heavy atom. The van der Waals surface area contributed by atoms with Crippen LogP contribution in [0.2, 0.25) is 0 Å². The van der Waals surface area contributed by atoms with Crippen molar-refractivity contribution in [2.24, 2.45) is 0 Å². The second-order valence-corrected chi connectivity index (χ2v) is 58.1. The van der Waals surface area contributed by atoms with Crippen molar-refractivity contribution in [2.45, 2.75) is 19.8 Å². The molecule has 5 heteroatoms. The van der Waals surface area contributed by atoms with Crippen molar-refractivity contribution in [3.63, 3.8) is 0 Å². The molecule has 0 spiro atoms. The number of unbranched alkanes of at least 4 members (excludes halogenated alkanes) is 1. The normalized spacial score (nSPS) is 7.67. The van der Waals surface area contributed by atoms with Crippen LogP contribution in [0.4, 0.5) is 0 Å². The van der Waals surface area contributed by atoms with Crippen molar-refractivity contribution in [3.8, 4) is 0 Å². The fourth-order valence-corrected chi connectivity index (χ4v) is 0.158. The number of aliphatic hydroxyl groups excluding tert-OH is 1. The molecule has 57 valence electrons. The van der Waals surface area contributed by atoms with Crippen molar-refractivity contribution < 1.29 is 14.3 Å². The predicted octanol–water partition coefficient (Wildman–Crippen LogP) is 3.43. The van der Waals surface area contributed by atoms with Crippen LogP contribution < -0.4 is 0 Å². The van der Waals surface area contributed by atoms with Crippen molar-refractivity contribution in [1.29, 1.82) is 0 Å². The second-order valence-electron chi connectivity index (χ2n) is 1.29. The third-order valence-corrected chi connectivity index (χ3v) is 0.512. The molecule has 0 aliphatic carbocycles. The summed E-state index contributed by atoms with van der Waals surface area (Å²) in [5, 5.41) is 8.07. The molecule has 0 aliphatic rings. The standard InChI is InChI=1S/C4H10O.3HI.Zr/c1-2-3-4-5;;;;/h5H,2-4H2,1H3;3*1H;/q;;;;+3/p-3. The fourth-order valence-electron chi connectivity index (χ4n) is 0.158. The van der Waals surface area contributed by atoms with Crippen LogP contribution in [0.5, 0.6) is 0 Å². The first-order valence-electron chi connectivity index (χ1n) is 2.59. The van der Waals surface area contributed by atoms with E-state index in [0.29, 0.717) is 6.61 Å². The molecule has 0 heterocycles. The van der Waals surface area contributed by atoms with Gasteiger partial charge in [0.05, 0.1) is 0 Å². The summed E-state index contributed by atoms with van der Waals surface area (Å²) in [6.45, 7) is 2.40. The Hall–Kier alpha value is 3.03. The van der Waals surface area contributed by atoms with Gasteiger partial charge in [0.25, 0.3) is 0 Å². The zero-order valence-corrected chi connectivity index (χ0v) is 14.1. The minimum atomic E-state index is -0.633. The van der Waals surface area contributed by atoms with Gasteiger partial charge in [-0.05, 0) is 6.42 Å². The first kappa shape index (κ1) is 14.6. The molecule has 0 aromatic rings. The zero-order chi connectivity index (χ0) is 7.70. The van der Waals surface area contributed by atoms with Crippen molar-refractivity contribution in [1.82, 2.24) is 0 Å². The molecular formula is C4H10I3OZr. The topological polar surface area (TPSA) is 20.2 Å². The Morgan fingerprint density at radius 1 is 1.33 bits per heavy atom. The molecule has 0 saturated carbocycles. The maximum atomic E-state index is 8.07. The average Bonchev–Trinajstić information content (AvgIpc) is 1.66. The summed E-state index contributed by atoms with van der Waals surface area (Å²) >= 11 is 7.54. The third-order valence-electron chi connectivity index (χ3n) is 0.512. The van der Waals surface area contributed by atoms with Crippen LogP contribution in [0.15, 0.2) is 0 Å². The average molecular weight is 546 g/mol. The molecule has 0 fully saturated rings. The molecule has 0 unspecified atom stereocenters. The van der Waals surface area contributed by atoms with Gasteiger partial charge in [0, 0.05) is 6.61 Å². The van der Waals surface area contributed by atoms with Gasteiger partial charge >= 0.3 is 63.3 Å². The number of halogens is 3. The molecule has 0 aromatic heterocycles. The van der Waals surface area contributed by atoms with Gasteiger partial charge in [0.15, 0.2) is 0 Å². The van der Waals surface area contributed by atoms with E-state index < -0.39 is 9.18 Å². The van der Waals surface area contributed by atoms with Crippen molar-refractivity contribution in [3.05, 3.63) is 0 Å². The second kappa shape index (κ2) is 13.6. The van der Waals surface area contributed by atoms with Crippen LogP contribution in [-0.4, -0.2) is 11.7 Å². The molecule has 0 atom stereocenters. The fraction of sp³-hybridized carbons (Fsp3) is 1.00. The monoisotopic (exact) mass is 545 g/mol. The van der Waals surface area contributed by atoms with E-state index in [2.05, 4.69) is 61.1 Å². The van der Waals surface area contributed by atoms with E-state index >= 15 is 0 Å². The first-order chi connectivity index (χ1) is 4.15. The Morgan fingerprint density at radius 2 is 1.67 bits per heavy atom. The van der Waals surface area contributed by atoms with Gasteiger partial charge < -0.3 is 5.11 Å². The Kier molecular flexibility index (Phi) is 22.0. The Bertz CT molecular complexity index is 40.0. The van der Waals surface area contributed by atoms with Gasteiger partial charge in [-0.3, -0.25) is 0 Å². The van der Waals surface area contributed by atoms with Crippen LogP contribution in [0, 0.1) is 0 Å². The molecule has 0 rings (SSSR count). The van der Waals surface area contributed by atoms with E-state index in [1.807, 2.05) is 0 Å². The molecule has 9 heavy (non-hydrogen) atoms. The van der Waals surface area contributed by atoms with Crippen LogP contribution in [-0.2, 0) is 9.18 Å². The molecule has 0 saturated heterocycles. The van der Waals surface area contributed by atoms with Gasteiger partial charge in [-0.2, -0.15) is 0 Å². The van der Waals surface area contributed by atoms with Gasteiger partial charge in [-0.15, -0.1) is 0 Å². The van der Waals surface area contributed by atoms with E-state index in [-0.39, 0.29) is 0 Å². The molecule has 1 N–H and O–H groups in total. The van der Waals surface area contributed by atoms with E-state index in [1.54, 1.807) is 0 Å². The summed E-state index contributed by atoms with van der Waals surface area (Å²) in [4.78, 5) is 0.